The smallest absolute Gasteiger partial charge is 0.140 e. The molecular weight excluding hydrogens is 345 g/mol. The predicted octanol–water partition coefficient (Wildman–Crippen LogP) is 4.82. The Kier molecular flexibility index (Phi) is 4.99. The number of nitriles is 1. The van der Waals surface area contributed by atoms with Gasteiger partial charge < -0.3 is 4.74 Å². The Labute approximate surface area is 129 Å². The zero-order valence-electron chi connectivity index (χ0n) is 10.4. The minimum Gasteiger partial charge on any atom is -0.489 e. The van der Waals surface area contributed by atoms with Crippen LogP contribution in [0.15, 0.2) is 36.4 Å². The lowest BCUT2D eigenvalue weighted by molar-refractivity contribution is 0.304. The van der Waals surface area contributed by atoms with Crippen molar-refractivity contribution in [2.24, 2.45) is 0 Å². The van der Waals surface area contributed by atoms with E-state index in [1.54, 1.807) is 18.2 Å². The highest BCUT2D eigenvalue weighted by atomic mass is 79.9. The van der Waals surface area contributed by atoms with Gasteiger partial charge in [-0.15, -0.1) is 0 Å². The van der Waals surface area contributed by atoms with Gasteiger partial charge in [0.25, 0.3) is 0 Å². The number of nitrogens with zero attached hydrogens (tertiary/aromatic N) is 1. The first-order chi connectivity index (χ1) is 9.63. The molecule has 0 aliphatic heterocycles. The Morgan fingerprint density at radius 3 is 2.75 bits per heavy atom. The van der Waals surface area contributed by atoms with Gasteiger partial charge in [-0.3, -0.25) is 0 Å². The maximum absolute atomic E-state index is 13.2. The molecule has 0 amide bonds. The molecule has 0 saturated carbocycles. The first kappa shape index (κ1) is 14.8. The lowest BCUT2D eigenvalue weighted by atomic mass is 10.1. The second-order valence-corrected chi connectivity index (χ2v) is 5.10. The molecule has 2 rings (SSSR count). The molecule has 20 heavy (non-hydrogen) atoms. The van der Waals surface area contributed by atoms with Crippen molar-refractivity contribution in [3.63, 3.8) is 0 Å². The lowest BCUT2D eigenvalue weighted by Gasteiger charge is -2.10. The van der Waals surface area contributed by atoms with Crippen LogP contribution in [0, 0.1) is 17.1 Å². The summed E-state index contributed by atoms with van der Waals surface area (Å²) in [6, 6.07) is 11.5. The molecule has 0 aromatic heterocycles. The van der Waals surface area contributed by atoms with Gasteiger partial charge in [-0.25, -0.2) is 4.39 Å². The highest BCUT2D eigenvalue weighted by Gasteiger charge is 2.06. The van der Waals surface area contributed by atoms with E-state index in [9.17, 15) is 4.39 Å². The molecule has 102 valence electrons. The Morgan fingerprint density at radius 2 is 2.05 bits per heavy atom. The van der Waals surface area contributed by atoms with E-state index in [1.807, 2.05) is 12.1 Å². The average Bonchev–Trinajstić information content (AvgIpc) is 2.47. The van der Waals surface area contributed by atoms with Crippen molar-refractivity contribution in [3.05, 3.63) is 63.9 Å². The molecule has 0 bridgehead atoms. The summed E-state index contributed by atoms with van der Waals surface area (Å²) in [6.45, 7) is 0.261. The molecular formula is C15H10BrClFNO. The molecule has 2 nitrogen and oxygen atoms in total. The van der Waals surface area contributed by atoms with Crippen LogP contribution in [-0.4, -0.2) is 0 Å². The van der Waals surface area contributed by atoms with E-state index in [4.69, 9.17) is 21.6 Å². The van der Waals surface area contributed by atoms with Crippen molar-refractivity contribution in [2.75, 3.05) is 0 Å². The maximum atomic E-state index is 13.2. The number of rotatable bonds is 4. The summed E-state index contributed by atoms with van der Waals surface area (Å²) < 4.78 is 18.9. The minimum atomic E-state index is -0.524. The molecule has 0 aliphatic rings. The number of halogens is 3. The van der Waals surface area contributed by atoms with E-state index < -0.39 is 5.82 Å². The fraction of sp³-hybridized carbons (Fsp3) is 0.133. The van der Waals surface area contributed by atoms with Gasteiger partial charge in [0, 0.05) is 15.9 Å². The van der Waals surface area contributed by atoms with Gasteiger partial charge in [0.15, 0.2) is 0 Å². The van der Waals surface area contributed by atoms with Gasteiger partial charge >= 0.3 is 0 Å². The summed E-state index contributed by atoms with van der Waals surface area (Å²) in [5.41, 5.74) is 1.68. The topological polar surface area (TPSA) is 33.0 Å². The van der Waals surface area contributed by atoms with Gasteiger partial charge in [0.05, 0.1) is 5.56 Å². The van der Waals surface area contributed by atoms with E-state index in [0.29, 0.717) is 16.1 Å². The van der Waals surface area contributed by atoms with E-state index >= 15 is 0 Å². The zero-order chi connectivity index (χ0) is 14.5. The second kappa shape index (κ2) is 6.74. The van der Waals surface area contributed by atoms with Crippen LogP contribution in [0.2, 0.25) is 5.02 Å². The highest BCUT2D eigenvalue weighted by molar-refractivity contribution is 9.08. The van der Waals surface area contributed by atoms with Crippen LogP contribution in [0.5, 0.6) is 5.75 Å². The molecule has 0 unspecified atom stereocenters. The quantitative estimate of drug-likeness (QED) is 0.737. The molecule has 0 aliphatic carbocycles. The molecule has 0 N–H and O–H groups in total. The largest absolute Gasteiger partial charge is 0.489 e. The van der Waals surface area contributed by atoms with E-state index in [0.717, 1.165) is 11.1 Å². The molecule has 0 spiro atoms. The Morgan fingerprint density at radius 1 is 1.25 bits per heavy atom. The third kappa shape index (κ3) is 3.50. The molecule has 0 saturated heterocycles. The summed E-state index contributed by atoms with van der Waals surface area (Å²) in [5.74, 6) is 0.179. The van der Waals surface area contributed by atoms with E-state index in [-0.39, 0.29) is 12.2 Å². The van der Waals surface area contributed by atoms with Gasteiger partial charge in [-0.1, -0.05) is 33.6 Å². The van der Waals surface area contributed by atoms with Crippen molar-refractivity contribution in [1.29, 1.82) is 5.26 Å². The first-order valence-electron chi connectivity index (χ1n) is 5.79. The molecule has 2 aromatic rings. The van der Waals surface area contributed by atoms with Crippen LogP contribution >= 0.6 is 27.5 Å². The first-order valence-corrected chi connectivity index (χ1v) is 7.29. The summed E-state index contributed by atoms with van der Waals surface area (Å²) >= 11 is 9.29. The Hall–Kier alpha value is -1.57. The third-order valence-electron chi connectivity index (χ3n) is 2.71. The fourth-order valence-electron chi connectivity index (χ4n) is 1.70. The Balaban J connectivity index is 2.15. The van der Waals surface area contributed by atoms with E-state index in [1.165, 1.54) is 12.1 Å². The van der Waals surface area contributed by atoms with Gasteiger partial charge in [0.1, 0.15) is 24.2 Å². The summed E-state index contributed by atoms with van der Waals surface area (Å²) in [6.07, 6.45) is 0. The number of hydrogen-bond donors (Lipinski definition) is 0. The van der Waals surface area contributed by atoms with Crippen LogP contribution in [-0.2, 0) is 11.9 Å². The minimum absolute atomic E-state index is 0.0166. The van der Waals surface area contributed by atoms with Gasteiger partial charge in [0.2, 0.25) is 0 Å². The molecule has 0 fully saturated rings. The SMILES string of the molecule is N#Cc1cc(COc2ccc(Cl)cc2CBr)ccc1F. The van der Waals surface area contributed by atoms with Gasteiger partial charge in [-0.05, 0) is 35.9 Å². The summed E-state index contributed by atoms with van der Waals surface area (Å²) in [4.78, 5) is 0. The lowest BCUT2D eigenvalue weighted by Crippen LogP contribution is -1.99. The van der Waals surface area contributed by atoms with Crippen molar-refractivity contribution in [1.82, 2.24) is 0 Å². The standard InChI is InChI=1S/C15H10BrClFNO/c16-7-11-6-13(17)2-4-15(11)20-9-10-1-3-14(18)12(5-10)8-19/h1-6H,7,9H2. The number of benzene rings is 2. The Bertz CT molecular complexity index is 669. The monoisotopic (exact) mass is 353 g/mol. The molecule has 0 atom stereocenters. The number of hydrogen-bond acceptors (Lipinski definition) is 2. The second-order valence-electron chi connectivity index (χ2n) is 4.10. The molecule has 0 heterocycles. The third-order valence-corrected chi connectivity index (χ3v) is 3.55. The van der Waals surface area contributed by atoms with E-state index in [2.05, 4.69) is 15.9 Å². The summed E-state index contributed by atoms with van der Waals surface area (Å²) in [7, 11) is 0. The van der Waals surface area contributed by atoms with Crippen molar-refractivity contribution in [3.8, 4) is 11.8 Å². The molecule has 2 aromatic carbocycles. The van der Waals surface area contributed by atoms with Crippen LogP contribution in [0.3, 0.4) is 0 Å². The predicted molar refractivity (Wildman–Crippen MR) is 79.5 cm³/mol. The normalized spacial score (nSPS) is 10.1. The summed E-state index contributed by atoms with van der Waals surface area (Å²) in [5, 5.41) is 10.0. The highest BCUT2D eigenvalue weighted by Crippen LogP contribution is 2.26. The van der Waals surface area contributed by atoms with Crippen LogP contribution < -0.4 is 4.74 Å². The van der Waals surface area contributed by atoms with Crippen LogP contribution in [0.1, 0.15) is 16.7 Å². The van der Waals surface area contributed by atoms with Crippen molar-refractivity contribution < 1.29 is 9.13 Å². The fourth-order valence-corrected chi connectivity index (χ4v) is 2.34. The number of alkyl halides is 1. The van der Waals surface area contributed by atoms with Crippen LogP contribution in [0.25, 0.3) is 0 Å². The van der Waals surface area contributed by atoms with Crippen molar-refractivity contribution >= 4 is 27.5 Å². The average molecular weight is 355 g/mol. The van der Waals surface area contributed by atoms with Gasteiger partial charge in [-0.2, -0.15) is 5.26 Å². The van der Waals surface area contributed by atoms with Crippen LogP contribution in [0.4, 0.5) is 4.39 Å². The molecule has 0 radical (unpaired) electrons. The zero-order valence-corrected chi connectivity index (χ0v) is 12.7. The van der Waals surface area contributed by atoms with Crippen molar-refractivity contribution in [2.45, 2.75) is 11.9 Å². The molecule has 5 heteroatoms. The maximum Gasteiger partial charge on any atom is 0.140 e. The number of ether oxygens (including phenoxy) is 1.